The first-order valence-electron chi connectivity index (χ1n) is 10.0. The number of rotatable bonds is 4. The fourth-order valence-corrected chi connectivity index (χ4v) is 5.31. The number of anilines is 1. The van der Waals surface area contributed by atoms with Gasteiger partial charge in [0, 0.05) is 22.7 Å². The van der Waals surface area contributed by atoms with Crippen LogP contribution in [-0.4, -0.2) is 6.54 Å². The monoisotopic (exact) mass is 406 g/mol. The van der Waals surface area contributed by atoms with Crippen molar-refractivity contribution in [1.29, 1.82) is 0 Å². The largest absolute Gasteiger partial charge is 0.354 e. The number of fused-ring (bicyclic) bond motifs is 3. The normalized spacial score (nSPS) is 13.8. The van der Waals surface area contributed by atoms with E-state index in [0.29, 0.717) is 12.1 Å². The maximum Gasteiger partial charge on any atom is 0.127 e. The summed E-state index contributed by atoms with van der Waals surface area (Å²) < 4.78 is 15.2. The van der Waals surface area contributed by atoms with Gasteiger partial charge in [-0.15, -0.1) is 11.3 Å². The zero-order valence-electron chi connectivity index (χ0n) is 17.4. The first-order chi connectivity index (χ1) is 13.8. The Morgan fingerprint density at radius 2 is 1.86 bits per heavy atom. The number of halogens is 1. The van der Waals surface area contributed by atoms with Crippen LogP contribution >= 0.6 is 11.3 Å². The first kappa shape index (κ1) is 19.9. The second-order valence-electron chi connectivity index (χ2n) is 8.22. The molecule has 0 saturated heterocycles. The number of nitrogens with two attached hydrogens (primary N) is 1. The Hall–Kier alpha value is -2.43. The van der Waals surface area contributed by atoms with Gasteiger partial charge in [-0.25, -0.2) is 4.39 Å². The number of nitrogens with one attached hydrogen (secondary N) is 1. The van der Waals surface area contributed by atoms with Crippen molar-refractivity contribution in [3.8, 4) is 22.3 Å². The molecule has 4 heteroatoms. The van der Waals surface area contributed by atoms with E-state index in [1.54, 1.807) is 17.4 Å². The molecule has 0 saturated carbocycles. The third-order valence-corrected chi connectivity index (χ3v) is 6.93. The van der Waals surface area contributed by atoms with E-state index in [-0.39, 0.29) is 17.7 Å². The highest BCUT2D eigenvalue weighted by Crippen LogP contribution is 2.49. The fourth-order valence-electron chi connectivity index (χ4n) is 4.48. The van der Waals surface area contributed by atoms with Gasteiger partial charge in [-0.3, -0.25) is 0 Å². The van der Waals surface area contributed by atoms with Crippen molar-refractivity contribution < 1.29 is 4.39 Å². The molecule has 2 nitrogen and oxygen atoms in total. The summed E-state index contributed by atoms with van der Waals surface area (Å²) in [5.41, 5.74) is 15.2. The van der Waals surface area contributed by atoms with Gasteiger partial charge in [-0.1, -0.05) is 38.6 Å². The zero-order chi connectivity index (χ0) is 20.9. The summed E-state index contributed by atoms with van der Waals surface area (Å²) in [6.07, 6.45) is 0. The number of hydrogen-bond acceptors (Lipinski definition) is 3. The van der Waals surface area contributed by atoms with Gasteiger partial charge >= 0.3 is 0 Å². The quantitative estimate of drug-likeness (QED) is 0.493. The van der Waals surface area contributed by atoms with E-state index in [1.807, 2.05) is 12.1 Å². The van der Waals surface area contributed by atoms with Crippen LogP contribution in [0.3, 0.4) is 0 Å². The molecule has 0 fully saturated rings. The van der Waals surface area contributed by atoms with E-state index >= 15 is 4.39 Å². The second-order valence-corrected chi connectivity index (χ2v) is 9.14. The van der Waals surface area contributed by atoms with Gasteiger partial charge in [-0.05, 0) is 71.6 Å². The van der Waals surface area contributed by atoms with Crippen LogP contribution in [0, 0.1) is 25.6 Å². The zero-order valence-corrected chi connectivity index (χ0v) is 18.2. The van der Waals surface area contributed by atoms with E-state index in [0.717, 1.165) is 38.5 Å². The molecule has 1 atom stereocenters. The standard InChI is InChI=1S/C25H27FN2S/c1-13(2)20(12-27)18-7-6-17(11-21(18)26)22-14(3)10-15(4)24-23(22)19-8-9-29-25(19)16(5)28-24/h6-11,13,20,28H,5,12,27H2,1-4H3. The van der Waals surface area contributed by atoms with Crippen LogP contribution in [0.15, 0.2) is 42.3 Å². The Morgan fingerprint density at radius 1 is 1.10 bits per heavy atom. The molecule has 1 aliphatic rings. The molecule has 1 aromatic heterocycles. The van der Waals surface area contributed by atoms with Crippen molar-refractivity contribution in [3.05, 3.63) is 69.7 Å². The summed E-state index contributed by atoms with van der Waals surface area (Å²) in [6, 6.07) is 9.93. The first-order valence-corrected chi connectivity index (χ1v) is 10.9. The molecule has 2 aromatic carbocycles. The summed E-state index contributed by atoms with van der Waals surface area (Å²) in [4.78, 5) is 1.14. The minimum Gasteiger partial charge on any atom is -0.354 e. The third-order valence-electron chi connectivity index (χ3n) is 5.95. The molecular weight excluding hydrogens is 379 g/mol. The Labute approximate surface area is 176 Å². The van der Waals surface area contributed by atoms with Gasteiger partial charge in [0.25, 0.3) is 0 Å². The Kier molecular flexibility index (Phi) is 5.09. The molecular formula is C25H27FN2S. The van der Waals surface area contributed by atoms with Crippen molar-refractivity contribution >= 4 is 22.7 Å². The van der Waals surface area contributed by atoms with E-state index in [2.05, 4.69) is 57.1 Å². The van der Waals surface area contributed by atoms with Crippen molar-refractivity contribution in [2.75, 3.05) is 11.9 Å². The number of benzene rings is 2. The lowest BCUT2D eigenvalue weighted by Crippen LogP contribution is -2.19. The van der Waals surface area contributed by atoms with E-state index in [4.69, 9.17) is 5.73 Å². The molecule has 0 bridgehead atoms. The predicted molar refractivity (Wildman–Crippen MR) is 124 cm³/mol. The van der Waals surface area contributed by atoms with Crippen LogP contribution in [0.4, 0.5) is 10.1 Å². The molecule has 1 aliphatic heterocycles. The van der Waals surface area contributed by atoms with Gasteiger partial charge in [0.15, 0.2) is 0 Å². The van der Waals surface area contributed by atoms with Gasteiger partial charge in [0.2, 0.25) is 0 Å². The Bertz CT molecular complexity index is 1110. The molecule has 2 heterocycles. The molecule has 0 spiro atoms. The summed E-state index contributed by atoms with van der Waals surface area (Å²) in [5, 5.41) is 5.57. The van der Waals surface area contributed by atoms with Gasteiger partial charge < -0.3 is 11.1 Å². The van der Waals surface area contributed by atoms with Crippen molar-refractivity contribution in [3.63, 3.8) is 0 Å². The Morgan fingerprint density at radius 3 is 2.52 bits per heavy atom. The van der Waals surface area contributed by atoms with E-state index in [9.17, 15) is 0 Å². The fraction of sp³-hybridized carbons (Fsp3) is 0.280. The molecule has 1 unspecified atom stereocenters. The average Bonchev–Trinajstić information content (AvgIpc) is 3.15. The van der Waals surface area contributed by atoms with Gasteiger partial charge in [0.1, 0.15) is 5.82 Å². The molecule has 0 radical (unpaired) electrons. The molecule has 29 heavy (non-hydrogen) atoms. The molecule has 3 aromatic rings. The summed E-state index contributed by atoms with van der Waals surface area (Å²) in [6.45, 7) is 13.0. The molecule has 3 N–H and O–H groups in total. The van der Waals surface area contributed by atoms with Gasteiger partial charge in [0.05, 0.1) is 10.6 Å². The Balaban J connectivity index is 1.93. The van der Waals surface area contributed by atoms with Gasteiger partial charge in [-0.2, -0.15) is 0 Å². The van der Waals surface area contributed by atoms with Crippen LogP contribution < -0.4 is 11.1 Å². The predicted octanol–water partition coefficient (Wildman–Crippen LogP) is 6.93. The number of thiophene rings is 1. The van der Waals surface area contributed by atoms with Crippen molar-refractivity contribution in [2.45, 2.75) is 33.6 Å². The average molecular weight is 407 g/mol. The highest BCUT2D eigenvalue weighted by atomic mass is 32.1. The van der Waals surface area contributed by atoms with E-state index < -0.39 is 0 Å². The molecule has 4 rings (SSSR count). The summed E-state index contributed by atoms with van der Waals surface area (Å²) in [7, 11) is 0. The number of hydrogen-bond donors (Lipinski definition) is 2. The lowest BCUT2D eigenvalue weighted by molar-refractivity contribution is 0.479. The minimum atomic E-state index is -0.181. The molecule has 150 valence electrons. The van der Waals surface area contributed by atoms with Crippen molar-refractivity contribution in [2.24, 2.45) is 11.7 Å². The summed E-state index contributed by atoms with van der Waals surface area (Å²) >= 11 is 1.68. The lowest BCUT2D eigenvalue weighted by atomic mass is 9.83. The highest BCUT2D eigenvalue weighted by Gasteiger charge is 2.26. The van der Waals surface area contributed by atoms with Crippen LogP contribution in [0.1, 0.15) is 41.3 Å². The topological polar surface area (TPSA) is 38.0 Å². The van der Waals surface area contributed by atoms with Crippen LogP contribution in [0.2, 0.25) is 0 Å². The van der Waals surface area contributed by atoms with E-state index in [1.165, 1.54) is 11.1 Å². The smallest absolute Gasteiger partial charge is 0.127 e. The van der Waals surface area contributed by atoms with Crippen molar-refractivity contribution in [1.82, 2.24) is 0 Å². The SMILES string of the molecule is C=C1Nc2c(C)cc(C)c(-c3ccc(C(CN)C(C)C)c(F)c3)c2-c2ccsc21. The lowest BCUT2D eigenvalue weighted by Gasteiger charge is -2.27. The second kappa shape index (κ2) is 7.43. The maximum atomic E-state index is 15.2. The number of aryl methyl sites for hydroxylation is 2. The van der Waals surface area contributed by atoms with Crippen LogP contribution in [0.5, 0.6) is 0 Å². The van der Waals surface area contributed by atoms with Crippen LogP contribution in [0.25, 0.3) is 28.0 Å². The molecule has 0 amide bonds. The third kappa shape index (κ3) is 3.21. The van der Waals surface area contributed by atoms with Crippen LogP contribution in [-0.2, 0) is 0 Å². The summed E-state index contributed by atoms with van der Waals surface area (Å²) in [5.74, 6) is 0.127. The minimum absolute atomic E-state index is 0.0190. The highest BCUT2D eigenvalue weighted by molar-refractivity contribution is 7.11. The maximum absolute atomic E-state index is 15.2. The molecule has 0 aliphatic carbocycles.